The van der Waals surface area contributed by atoms with Crippen molar-refractivity contribution in [2.75, 3.05) is 32.1 Å². The van der Waals surface area contributed by atoms with E-state index in [-0.39, 0.29) is 0 Å². The lowest BCUT2D eigenvalue weighted by molar-refractivity contribution is -0.0380. The van der Waals surface area contributed by atoms with Gasteiger partial charge in [0.15, 0.2) is 0 Å². The Morgan fingerprint density at radius 3 is 2.82 bits per heavy atom. The topological polar surface area (TPSA) is 24.5 Å². The summed E-state index contributed by atoms with van der Waals surface area (Å²) in [7, 11) is 0. The Hall–Kier alpha value is 0.170. The minimum atomic E-state index is 0.338. The Bertz CT molecular complexity index is 202. The second-order valence-electron chi connectivity index (χ2n) is 5.22. The molecule has 3 nitrogen and oxygen atoms in total. The molecule has 1 aliphatic rings. The van der Waals surface area contributed by atoms with Crippen LogP contribution in [-0.4, -0.2) is 55.2 Å². The van der Waals surface area contributed by atoms with Gasteiger partial charge in [0, 0.05) is 37.6 Å². The number of nitrogens with zero attached hydrogens (tertiary/aromatic N) is 1. The van der Waals surface area contributed by atoms with Crippen LogP contribution in [-0.2, 0) is 4.74 Å². The van der Waals surface area contributed by atoms with Gasteiger partial charge in [-0.3, -0.25) is 4.90 Å². The van der Waals surface area contributed by atoms with E-state index in [1.54, 1.807) is 0 Å². The lowest BCUT2D eigenvalue weighted by Gasteiger charge is -2.36. The molecule has 0 aromatic heterocycles. The highest BCUT2D eigenvalue weighted by Crippen LogP contribution is 2.08. The summed E-state index contributed by atoms with van der Waals surface area (Å²) in [5.41, 5.74) is 0. The molecule has 102 valence electrons. The zero-order chi connectivity index (χ0) is 12.7. The standard InChI is InChI=1S/C13H27ClN2O/c1-11(2)16-7-8-17-13(10-16)9-15-12(3)5-4-6-14/h11-13,15H,4-10H2,1-3H3. The average Bonchev–Trinajstić information content (AvgIpc) is 2.34. The summed E-state index contributed by atoms with van der Waals surface area (Å²) < 4.78 is 5.78. The largest absolute Gasteiger partial charge is 0.374 e. The van der Waals surface area contributed by atoms with E-state index in [0.717, 1.165) is 45.0 Å². The molecule has 0 aromatic rings. The van der Waals surface area contributed by atoms with Crippen LogP contribution >= 0.6 is 11.6 Å². The second-order valence-corrected chi connectivity index (χ2v) is 5.60. The molecule has 0 aliphatic carbocycles. The molecular formula is C13H27ClN2O. The van der Waals surface area contributed by atoms with E-state index < -0.39 is 0 Å². The maximum absolute atomic E-state index is 5.78. The number of hydrogen-bond acceptors (Lipinski definition) is 3. The minimum Gasteiger partial charge on any atom is -0.374 e. The number of hydrogen-bond donors (Lipinski definition) is 1. The molecule has 1 aliphatic heterocycles. The number of nitrogens with one attached hydrogen (secondary N) is 1. The number of ether oxygens (including phenoxy) is 1. The highest BCUT2D eigenvalue weighted by molar-refractivity contribution is 6.17. The lowest BCUT2D eigenvalue weighted by atomic mass is 10.1. The number of alkyl halides is 1. The molecule has 0 radical (unpaired) electrons. The van der Waals surface area contributed by atoms with Gasteiger partial charge in [-0.1, -0.05) is 0 Å². The maximum Gasteiger partial charge on any atom is 0.0826 e. The molecule has 0 saturated carbocycles. The summed E-state index contributed by atoms with van der Waals surface area (Å²) in [5.74, 6) is 0.757. The van der Waals surface area contributed by atoms with E-state index in [1.807, 2.05) is 0 Å². The van der Waals surface area contributed by atoms with Gasteiger partial charge >= 0.3 is 0 Å². The third-order valence-corrected chi connectivity index (χ3v) is 3.63. The third-order valence-electron chi connectivity index (χ3n) is 3.37. The summed E-state index contributed by atoms with van der Waals surface area (Å²) in [6, 6.07) is 1.15. The Morgan fingerprint density at radius 2 is 2.18 bits per heavy atom. The number of halogens is 1. The van der Waals surface area contributed by atoms with Crippen LogP contribution in [0.25, 0.3) is 0 Å². The van der Waals surface area contributed by atoms with Crippen molar-refractivity contribution >= 4 is 11.6 Å². The van der Waals surface area contributed by atoms with Crippen molar-refractivity contribution in [2.24, 2.45) is 0 Å². The fraction of sp³-hybridized carbons (Fsp3) is 1.00. The van der Waals surface area contributed by atoms with Gasteiger partial charge in [-0.2, -0.15) is 0 Å². The highest BCUT2D eigenvalue weighted by Gasteiger charge is 2.22. The van der Waals surface area contributed by atoms with Crippen molar-refractivity contribution < 1.29 is 4.74 Å². The van der Waals surface area contributed by atoms with Crippen molar-refractivity contribution in [2.45, 2.75) is 51.8 Å². The number of morpholine rings is 1. The van der Waals surface area contributed by atoms with Gasteiger partial charge in [0.25, 0.3) is 0 Å². The van der Waals surface area contributed by atoms with Crippen LogP contribution in [0.4, 0.5) is 0 Å². The van der Waals surface area contributed by atoms with Gasteiger partial charge in [-0.25, -0.2) is 0 Å². The van der Waals surface area contributed by atoms with Crippen LogP contribution in [0, 0.1) is 0 Å². The first-order valence-electron chi connectivity index (χ1n) is 6.78. The van der Waals surface area contributed by atoms with Crippen LogP contribution in [0.5, 0.6) is 0 Å². The van der Waals surface area contributed by atoms with Crippen LogP contribution in [0.15, 0.2) is 0 Å². The van der Waals surface area contributed by atoms with Crippen LogP contribution < -0.4 is 5.32 Å². The SMILES string of the molecule is CC(CCCCl)NCC1CN(C(C)C)CCO1. The Labute approximate surface area is 111 Å². The van der Waals surface area contributed by atoms with Crippen LogP contribution in [0.3, 0.4) is 0 Å². The monoisotopic (exact) mass is 262 g/mol. The Kier molecular flexibility index (Phi) is 7.44. The Balaban J connectivity index is 2.18. The normalized spacial score (nSPS) is 24.2. The quantitative estimate of drug-likeness (QED) is 0.711. The van der Waals surface area contributed by atoms with E-state index >= 15 is 0 Å². The molecule has 1 heterocycles. The predicted octanol–water partition coefficient (Wildman–Crippen LogP) is 2.09. The van der Waals surface area contributed by atoms with Gasteiger partial charge in [0.1, 0.15) is 0 Å². The lowest BCUT2D eigenvalue weighted by Crippen LogP contribution is -2.50. The minimum absolute atomic E-state index is 0.338. The molecule has 1 saturated heterocycles. The summed E-state index contributed by atoms with van der Waals surface area (Å²) in [6.07, 6.45) is 2.56. The maximum atomic E-state index is 5.78. The molecule has 4 heteroatoms. The van der Waals surface area contributed by atoms with Crippen molar-refractivity contribution in [3.05, 3.63) is 0 Å². The van der Waals surface area contributed by atoms with Crippen LogP contribution in [0.1, 0.15) is 33.6 Å². The molecule has 0 bridgehead atoms. The van der Waals surface area contributed by atoms with Gasteiger partial charge in [0.2, 0.25) is 0 Å². The summed E-state index contributed by atoms with van der Waals surface area (Å²) in [5, 5.41) is 3.54. The molecule has 0 amide bonds. The van der Waals surface area contributed by atoms with Gasteiger partial charge < -0.3 is 10.1 Å². The molecule has 17 heavy (non-hydrogen) atoms. The molecule has 1 N–H and O–H groups in total. The smallest absolute Gasteiger partial charge is 0.0826 e. The molecule has 0 spiro atoms. The first kappa shape index (κ1) is 15.2. The average molecular weight is 263 g/mol. The van der Waals surface area contributed by atoms with E-state index in [9.17, 15) is 0 Å². The molecule has 1 rings (SSSR count). The first-order valence-corrected chi connectivity index (χ1v) is 7.32. The van der Waals surface area contributed by atoms with E-state index in [1.165, 1.54) is 0 Å². The second kappa shape index (κ2) is 8.30. The van der Waals surface area contributed by atoms with E-state index in [0.29, 0.717) is 18.2 Å². The highest BCUT2D eigenvalue weighted by atomic mass is 35.5. The zero-order valence-electron chi connectivity index (χ0n) is 11.4. The van der Waals surface area contributed by atoms with Crippen molar-refractivity contribution in [1.82, 2.24) is 10.2 Å². The van der Waals surface area contributed by atoms with Crippen molar-refractivity contribution in [3.63, 3.8) is 0 Å². The van der Waals surface area contributed by atoms with Crippen molar-refractivity contribution in [3.8, 4) is 0 Å². The van der Waals surface area contributed by atoms with Crippen molar-refractivity contribution in [1.29, 1.82) is 0 Å². The molecule has 1 fully saturated rings. The fourth-order valence-electron chi connectivity index (χ4n) is 2.15. The summed E-state index contributed by atoms with van der Waals surface area (Å²) in [4.78, 5) is 2.49. The fourth-order valence-corrected chi connectivity index (χ4v) is 2.31. The van der Waals surface area contributed by atoms with E-state index in [4.69, 9.17) is 16.3 Å². The molecule has 2 atom stereocenters. The number of rotatable bonds is 7. The van der Waals surface area contributed by atoms with Gasteiger partial charge in [0.05, 0.1) is 12.7 Å². The third kappa shape index (κ3) is 6.05. The van der Waals surface area contributed by atoms with Gasteiger partial charge in [-0.05, 0) is 33.6 Å². The molecule has 2 unspecified atom stereocenters. The van der Waals surface area contributed by atoms with Gasteiger partial charge in [-0.15, -0.1) is 11.6 Å². The molecule has 0 aromatic carbocycles. The first-order chi connectivity index (χ1) is 8.13. The Morgan fingerprint density at radius 1 is 1.41 bits per heavy atom. The summed E-state index contributed by atoms with van der Waals surface area (Å²) in [6.45, 7) is 10.6. The summed E-state index contributed by atoms with van der Waals surface area (Å²) >= 11 is 5.69. The molecular weight excluding hydrogens is 236 g/mol. The van der Waals surface area contributed by atoms with E-state index in [2.05, 4.69) is 31.0 Å². The zero-order valence-corrected chi connectivity index (χ0v) is 12.2. The predicted molar refractivity (Wildman–Crippen MR) is 73.9 cm³/mol. The van der Waals surface area contributed by atoms with Crippen LogP contribution in [0.2, 0.25) is 0 Å².